The fourth-order valence-electron chi connectivity index (χ4n) is 5.57. The minimum atomic E-state index is -1.32. The smallest absolute Gasteiger partial charge is 0.325 e. The van der Waals surface area contributed by atoms with Crippen molar-refractivity contribution < 1.29 is 14.3 Å². The van der Waals surface area contributed by atoms with Crippen molar-refractivity contribution in [1.82, 2.24) is 14.9 Å². The second kappa shape index (κ2) is 9.98. The zero-order valence-corrected chi connectivity index (χ0v) is 19.8. The molecular formula is C27H35FN4O2. The summed E-state index contributed by atoms with van der Waals surface area (Å²) in [6, 6.07) is 7.15. The van der Waals surface area contributed by atoms with Crippen LogP contribution in [-0.2, 0) is 17.6 Å². The third-order valence-corrected chi connectivity index (χ3v) is 7.57. The molecule has 5 rings (SSSR count). The van der Waals surface area contributed by atoms with E-state index in [0.717, 1.165) is 80.7 Å². The summed E-state index contributed by atoms with van der Waals surface area (Å²) in [5.41, 5.74) is 2.72. The highest BCUT2D eigenvalue weighted by atomic mass is 19.1. The van der Waals surface area contributed by atoms with Gasteiger partial charge in [-0.3, -0.25) is 14.7 Å². The van der Waals surface area contributed by atoms with E-state index in [9.17, 15) is 9.90 Å². The molecule has 2 aromatic heterocycles. The summed E-state index contributed by atoms with van der Waals surface area (Å²) in [5, 5.41) is 13.4. The molecule has 7 heteroatoms. The van der Waals surface area contributed by atoms with Gasteiger partial charge in [-0.05, 0) is 69.1 Å². The minimum absolute atomic E-state index is 0.182. The average Bonchev–Trinajstić information content (AvgIpc) is 3.61. The molecule has 2 fully saturated rings. The third kappa shape index (κ3) is 5.24. The Morgan fingerprint density at radius 2 is 2.15 bits per heavy atom. The van der Waals surface area contributed by atoms with E-state index in [2.05, 4.69) is 22.4 Å². The van der Waals surface area contributed by atoms with Gasteiger partial charge in [-0.2, -0.15) is 0 Å². The van der Waals surface area contributed by atoms with Crippen LogP contribution in [-0.4, -0.2) is 51.2 Å². The number of anilines is 1. The number of nitrogens with one attached hydrogen (secondary N) is 1. The summed E-state index contributed by atoms with van der Waals surface area (Å²) < 4.78 is 15.6. The lowest BCUT2D eigenvalue weighted by molar-refractivity contribution is -0.143. The summed E-state index contributed by atoms with van der Waals surface area (Å²) in [7, 11) is 0. The largest absolute Gasteiger partial charge is 0.480 e. The average molecular weight is 467 g/mol. The van der Waals surface area contributed by atoms with Gasteiger partial charge in [-0.1, -0.05) is 25.0 Å². The van der Waals surface area contributed by atoms with Crippen LogP contribution in [0.4, 0.5) is 10.2 Å². The Balaban J connectivity index is 1.12. The van der Waals surface area contributed by atoms with Crippen molar-refractivity contribution in [3.63, 3.8) is 0 Å². The van der Waals surface area contributed by atoms with Gasteiger partial charge >= 0.3 is 5.97 Å². The lowest BCUT2D eigenvalue weighted by Gasteiger charge is -2.27. The van der Waals surface area contributed by atoms with E-state index < -0.39 is 17.7 Å². The molecule has 2 N–H and O–H groups in total. The highest BCUT2D eigenvalue weighted by molar-refractivity contribution is 5.76. The maximum atomic E-state index is 15.6. The zero-order chi connectivity index (χ0) is 23.5. The maximum Gasteiger partial charge on any atom is 0.325 e. The Hall–Kier alpha value is -2.54. The molecule has 34 heavy (non-hydrogen) atoms. The van der Waals surface area contributed by atoms with Crippen molar-refractivity contribution >= 4 is 11.8 Å². The van der Waals surface area contributed by atoms with Crippen LogP contribution in [0.2, 0.25) is 0 Å². The first-order chi connectivity index (χ1) is 16.5. The van der Waals surface area contributed by atoms with Gasteiger partial charge in [0.1, 0.15) is 17.5 Å². The topological polar surface area (TPSA) is 78.3 Å². The predicted molar refractivity (Wildman–Crippen MR) is 130 cm³/mol. The zero-order valence-electron chi connectivity index (χ0n) is 19.8. The number of aliphatic carboxylic acids is 1. The number of alkyl halides is 1. The van der Waals surface area contributed by atoms with E-state index in [4.69, 9.17) is 4.98 Å². The Bertz CT molecular complexity index is 1030. The normalized spacial score (nSPS) is 23.3. The Morgan fingerprint density at radius 1 is 1.26 bits per heavy atom. The molecule has 6 nitrogen and oxygen atoms in total. The number of hydrogen-bond acceptors (Lipinski definition) is 5. The summed E-state index contributed by atoms with van der Waals surface area (Å²) >= 11 is 0. The molecule has 0 amide bonds. The molecule has 0 spiro atoms. The fraction of sp³-hybridized carbons (Fsp3) is 0.593. The Kier molecular flexibility index (Phi) is 6.82. The van der Waals surface area contributed by atoms with Crippen LogP contribution in [0.3, 0.4) is 0 Å². The summed E-state index contributed by atoms with van der Waals surface area (Å²) in [6.07, 6.45) is 10.6. The molecule has 1 saturated heterocycles. The van der Waals surface area contributed by atoms with E-state index in [-0.39, 0.29) is 6.54 Å². The van der Waals surface area contributed by atoms with E-state index in [0.29, 0.717) is 25.3 Å². The van der Waals surface area contributed by atoms with Gasteiger partial charge < -0.3 is 10.4 Å². The lowest BCUT2D eigenvalue weighted by atomic mass is 9.96. The summed E-state index contributed by atoms with van der Waals surface area (Å²) in [5.74, 6) is 0.478. The van der Waals surface area contributed by atoms with Crippen molar-refractivity contribution in [3.05, 3.63) is 53.0 Å². The maximum absolute atomic E-state index is 15.6. The van der Waals surface area contributed by atoms with Crippen LogP contribution in [0.15, 0.2) is 30.5 Å². The lowest BCUT2D eigenvalue weighted by Crippen LogP contribution is -2.36. The molecule has 0 unspecified atom stereocenters. The molecule has 1 saturated carbocycles. The second-order valence-electron chi connectivity index (χ2n) is 10.3. The van der Waals surface area contributed by atoms with Crippen LogP contribution >= 0.6 is 0 Å². The number of rotatable bonds is 10. The minimum Gasteiger partial charge on any atom is -0.480 e. The molecule has 2 aromatic rings. The first-order valence-corrected chi connectivity index (χ1v) is 12.9. The van der Waals surface area contributed by atoms with E-state index in [1.807, 2.05) is 11.0 Å². The standard InChI is InChI=1S/C27H35FN4O2/c28-27(13-3-1-2-7-21-12-11-20-6-4-16-30-25(20)31-21)14-17-32(18-27)24(26(33)34)22-8-5-15-29-23(22)19-9-10-19/h5,8,11-12,15,19,24H,1-4,6-7,9-10,13-14,16-18H2,(H,30,31)(H,33,34)/t24-,27+/m0/s1. The summed E-state index contributed by atoms with van der Waals surface area (Å²) in [4.78, 5) is 23.3. The van der Waals surface area contributed by atoms with Crippen LogP contribution < -0.4 is 5.32 Å². The molecular weight excluding hydrogens is 431 g/mol. The summed E-state index contributed by atoms with van der Waals surface area (Å²) in [6.45, 7) is 1.64. The number of aromatic nitrogens is 2. The van der Waals surface area contributed by atoms with Gasteiger partial charge in [-0.15, -0.1) is 0 Å². The number of halogens is 1. The van der Waals surface area contributed by atoms with Gasteiger partial charge in [-0.25, -0.2) is 9.37 Å². The van der Waals surface area contributed by atoms with Crippen LogP contribution in [0.25, 0.3) is 0 Å². The van der Waals surface area contributed by atoms with Gasteiger partial charge in [0.25, 0.3) is 0 Å². The van der Waals surface area contributed by atoms with Gasteiger partial charge in [0.15, 0.2) is 0 Å². The van der Waals surface area contributed by atoms with Crippen molar-refractivity contribution in [2.45, 2.75) is 81.8 Å². The van der Waals surface area contributed by atoms with Crippen LogP contribution in [0, 0.1) is 0 Å². The second-order valence-corrected chi connectivity index (χ2v) is 10.3. The molecule has 0 bridgehead atoms. The predicted octanol–water partition coefficient (Wildman–Crippen LogP) is 5.05. The molecule has 1 aliphatic carbocycles. The van der Waals surface area contributed by atoms with Gasteiger partial charge in [0, 0.05) is 48.7 Å². The molecule has 2 atom stereocenters. The highest BCUT2D eigenvalue weighted by Crippen LogP contribution is 2.44. The van der Waals surface area contributed by atoms with Crippen LogP contribution in [0.5, 0.6) is 0 Å². The quantitative estimate of drug-likeness (QED) is 0.477. The first-order valence-electron chi connectivity index (χ1n) is 12.9. The number of fused-ring (bicyclic) bond motifs is 1. The molecule has 0 aromatic carbocycles. The van der Waals surface area contributed by atoms with Crippen molar-refractivity contribution in [2.24, 2.45) is 0 Å². The number of carbonyl (C=O) groups is 1. The number of carboxylic acid groups (broad SMARTS) is 1. The highest BCUT2D eigenvalue weighted by Gasteiger charge is 2.44. The first kappa shape index (κ1) is 23.2. The monoisotopic (exact) mass is 466 g/mol. The van der Waals surface area contributed by atoms with E-state index >= 15 is 4.39 Å². The van der Waals surface area contributed by atoms with E-state index in [1.54, 1.807) is 12.3 Å². The number of carboxylic acids is 1. The molecule has 4 heterocycles. The van der Waals surface area contributed by atoms with Crippen LogP contribution in [0.1, 0.15) is 85.8 Å². The van der Waals surface area contributed by atoms with Gasteiger partial charge in [0.2, 0.25) is 0 Å². The molecule has 2 aliphatic heterocycles. The van der Waals surface area contributed by atoms with Crippen molar-refractivity contribution in [3.8, 4) is 0 Å². The number of unbranched alkanes of at least 4 members (excludes halogenated alkanes) is 2. The SMILES string of the molecule is O=C(O)[C@H](c1cccnc1C1CC1)N1CC[C@](F)(CCCCCc2ccc3c(n2)NCCC3)C1. The Labute approximate surface area is 201 Å². The van der Waals surface area contributed by atoms with E-state index in [1.165, 1.54) is 5.56 Å². The molecule has 182 valence electrons. The Morgan fingerprint density at radius 3 is 2.97 bits per heavy atom. The van der Waals surface area contributed by atoms with Crippen molar-refractivity contribution in [1.29, 1.82) is 0 Å². The fourth-order valence-corrected chi connectivity index (χ4v) is 5.57. The number of nitrogens with zero attached hydrogens (tertiary/aromatic N) is 3. The number of aryl methyl sites for hydroxylation is 2. The number of hydrogen-bond donors (Lipinski definition) is 2. The number of likely N-dealkylation sites (tertiary alicyclic amines) is 1. The van der Waals surface area contributed by atoms with Crippen molar-refractivity contribution in [2.75, 3.05) is 25.0 Å². The molecule has 3 aliphatic rings. The molecule has 0 radical (unpaired) electrons. The van der Waals surface area contributed by atoms with Gasteiger partial charge in [0.05, 0.1) is 0 Å². The third-order valence-electron chi connectivity index (χ3n) is 7.57. The number of pyridine rings is 2.